The van der Waals surface area contributed by atoms with E-state index in [-0.39, 0.29) is 44.6 Å². The van der Waals surface area contributed by atoms with E-state index in [0.29, 0.717) is 17.7 Å². The normalized spacial score (nSPS) is 16.0. The quantitative estimate of drug-likeness (QED) is 0.0400. The number of benzene rings is 2. The lowest BCUT2D eigenvalue weighted by molar-refractivity contribution is -0.134. The largest absolute Gasteiger partial charge is 0.470 e. The second kappa shape index (κ2) is 20.9. The van der Waals surface area contributed by atoms with Crippen LogP contribution in [0.5, 0.6) is 0 Å². The number of nitrogens with zero attached hydrogens (tertiary/aromatic N) is 4. The molecule has 0 saturated carbocycles. The fourth-order valence-corrected chi connectivity index (χ4v) is 8.98. The molecule has 2 aromatic carbocycles. The fraction of sp³-hybridized carbons (Fsp3) is 0.458. The van der Waals surface area contributed by atoms with E-state index in [2.05, 4.69) is 25.9 Å². The zero-order valence-corrected chi connectivity index (χ0v) is 39.8. The summed E-state index contributed by atoms with van der Waals surface area (Å²) < 4.78 is 16.7. The summed E-state index contributed by atoms with van der Waals surface area (Å²) >= 11 is 0. The highest BCUT2D eigenvalue weighted by Crippen LogP contribution is 2.44. The first-order chi connectivity index (χ1) is 30.7. The standard InChI is InChI=1S/C48H64N7O10P/c1-45(2,3)39(51-43(59)60)41(57)52-48(30-36(56)25-22-32-15-10-9-11-16-32,29-33-20-23-34(24-21-33)37-18-12-13-26-49-37)53-42(58)40(46(4,5)6)55-28-27-54(44(55)61)31-35-17-14-19-38(50-35)47(7,8)65-66(62,63)64/h9-21,23-24,26,36,39-40,51,56H,22,25,27-31H2,1-8H3,(H,52,57)(H,53,58)(H,59,60)(H2,62,63,64)/t36?,39-,40?,48?/m0/s1. The number of rotatable bonds is 19. The lowest BCUT2D eigenvalue weighted by Gasteiger charge is -2.43. The fourth-order valence-electron chi connectivity index (χ4n) is 8.29. The molecule has 3 heterocycles. The van der Waals surface area contributed by atoms with Crippen molar-refractivity contribution in [2.24, 2.45) is 10.8 Å². The first-order valence-corrected chi connectivity index (χ1v) is 23.4. The van der Waals surface area contributed by atoms with Crippen LogP contribution in [-0.2, 0) is 43.7 Å². The van der Waals surface area contributed by atoms with E-state index in [1.165, 1.54) is 23.6 Å². The molecule has 2 aromatic heterocycles. The molecule has 0 spiro atoms. The van der Waals surface area contributed by atoms with Gasteiger partial charge in [0.05, 0.1) is 29.7 Å². The summed E-state index contributed by atoms with van der Waals surface area (Å²) in [5.41, 5.74) is -1.14. The molecule has 1 aliphatic heterocycles. The summed E-state index contributed by atoms with van der Waals surface area (Å²) in [5.74, 6) is -1.35. The Labute approximate surface area is 386 Å². The Morgan fingerprint density at radius 1 is 0.803 bits per heavy atom. The van der Waals surface area contributed by atoms with Crippen molar-refractivity contribution >= 4 is 31.8 Å². The number of aliphatic hydroxyl groups is 1. The van der Waals surface area contributed by atoms with Crippen molar-refractivity contribution in [3.63, 3.8) is 0 Å². The molecule has 3 unspecified atom stereocenters. The third-order valence-electron chi connectivity index (χ3n) is 11.4. The molecule has 4 atom stereocenters. The molecule has 1 fully saturated rings. The second-order valence-electron chi connectivity index (χ2n) is 19.6. The van der Waals surface area contributed by atoms with Crippen molar-refractivity contribution in [3.8, 4) is 11.3 Å². The van der Waals surface area contributed by atoms with Gasteiger partial charge in [0.1, 0.15) is 23.3 Å². The Morgan fingerprint density at radius 2 is 1.45 bits per heavy atom. The first kappa shape index (κ1) is 51.3. The van der Waals surface area contributed by atoms with E-state index in [1.807, 2.05) is 93.6 Å². The molecule has 0 aliphatic carbocycles. The number of carbonyl (C=O) groups is 4. The molecule has 7 N–H and O–H groups in total. The highest BCUT2D eigenvalue weighted by Gasteiger charge is 2.48. The van der Waals surface area contributed by atoms with Gasteiger partial charge in [0, 0.05) is 37.7 Å². The Kier molecular flexibility index (Phi) is 16.2. The molecule has 17 nitrogen and oxygen atoms in total. The Bertz CT molecular complexity index is 2350. The van der Waals surface area contributed by atoms with Gasteiger partial charge in [-0.2, -0.15) is 0 Å². The van der Waals surface area contributed by atoms with Crippen molar-refractivity contribution in [1.29, 1.82) is 0 Å². The molecule has 5 amide bonds. The Hall–Kier alpha value is -5.71. The number of hydrogen-bond acceptors (Lipinski definition) is 9. The van der Waals surface area contributed by atoms with Crippen molar-refractivity contribution in [1.82, 2.24) is 35.7 Å². The molecule has 0 bridgehead atoms. The predicted molar refractivity (Wildman–Crippen MR) is 248 cm³/mol. The van der Waals surface area contributed by atoms with Crippen LogP contribution in [0, 0.1) is 10.8 Å². The van der Waals surface area contributed by atoms with Crippen LogP contribution in [0.3, 0.4) is 0 Å². The number of hydrogen-bond donors (Lipinski definition) is 7. The van der Waals surface area contributed by atoms with Crippen LogP contribution < -0.4 is 16.0 Å². The highest BCUT2D eigenvalue weighted by atomic mass is 31.2. The maximum atomic E-state index is 15.2. The van der Waals surface area contributed by atoms with Gasteiger partial charge in [0.15, 0.2) is 0 Å². The SMILES string of the molecule is CC(C)(OP(=O)(O)O)c1cccc(CN2CCN(C(C(=O)NC(Cc3ccc(-c4ccccn4)cc3)(CC(O)CCc3ccccc3)NC(=O)[C@H](NC(=O)O)C(C)(C)C)C(C)(C)C)C2=O)n1. The van der Waals surface area contributed by atoms with Crippen molar-refractivity contribution in [2.75, 3.05) is 13.1 Å². The molecule has 18 heteroatoms. The van der Waals surface area contributed by atoms with Crippen LogP contribution >= 0.6 is 7.82 Å². The number of phosphoric ester groups is 1. The minimum Gasteiger partial charge on any atom is -0.465 e. The maximum Gasteiger partial charge on any atom is 0.470 e. The zero-order chi connectivity index (χ0) is 48.7. The number of amides is 5. The molecule has 1 saturated heterocycles. The third kappa shape index (κ3) is 14.1. The molecular weight excluding hydrogens is 866 g/mol. The summed E-state index contributed by atoms with van der Waals surface area (Å²) in [7, 11) is -4.87. The van der Waals surface area contributed by atoms with Crippen molar-refractivity contribution in [2.45, 2.75) is 117 Å². The van der Waals surface area contributed by atoms with Crippen LogP contribution in [0.4, 0.5) is 9.59 Å². The van der Waals surface area contributed by atoms with Gasteiger partial charge in [-0.05, 0) is 72.9 Å². The predicted octanol–water partition coefficient (Wildman–Crippen LogP) is 6.38. The van der Waals surface area contributed by atoms with Crippen LogP contribution in [0.25, 0.3) is 11.3 Å². The molecular formula is C48H64N7O10P. The number of phosphoric acid groups is 1. The summed E-state index contributed by atoms with van der Waals surface area (Å²) in [5, 5.41) is 30.2. The van der Waals surface area contributed by atoms with Gasteiger partial charge in [-0.15, -0.1) is 0 Å². The average Bonchev–Trinajstić information content (AvgIpc) is 3.56. The molecule has 356 valence electrons. The van der Waals surface area contributed by atoms with E-state index in [9.17, 15) is 38.9 Å². The topological polar surface area (TPSA) is 244 Å². The number of nitrogens with one attached hydrogen (secondary N) is 3. The molecule has 1 aliphatic rings. The number of aromatic nitrogens is 2. The monoisotopic (exact) mass is 929 g/mol. The Morgan fingerprint density at radius 3 is 2.05 bits per heavy atom. The van der Waals surface area contributed by atoms with E-state index in [1.54, 1.807) is 45.2 Å². The molecule has 5 rings (SSSR count). The molecule has 4 aromatic rings. The van der Waals surface area contributed by atoms with Gasteiger partial charge in [-0.1, -0.05) is 108 Å². The third-order valence-corrected chi connectivity index (χ3v) is 12.1. The van der Waals surface area contributed by atoms with Crippen LogP contribution in [0.1, 0.15) is 90.7 Å². The number of pyridine rings is 2. The number of aliphatic hydroxyl groups excluding tert-OH is 1. The van der Waals surface area contributed by atoms with Gasteiger partial charge < -0.3 is 45.8 Å². The van der Waals surface area contributed by atoms with Crippen molar-refractivity contribution in [3.05, 3.63) is 120 Å². The van der Waals surface area contributed by atoms with Crippen LogP contribution in [0.2, 0.25) is 0 Å². The van der Waals surface area contributed by atoms with E-state index >= 15 is 4.79 Å². The highest BCUT2D eigenvalue weighted by molar-refractivity contribution is 7.46. The summed E-state index contributed by atoms with van der Waals surface area (Å²) in [6.07, 6.45) is -0.309. The number of aryl methyl sites for hydroxylation is 1. The van der Waals surface area contributed by atoms with Crippen LogP contribution in [-0.4, -0.2) is 101 Å². The van der Waals surface area contributed by atoms with Gasteiger partial charge in [0.2, 0.25) is 11.8 Å². The number of carboxylic acid groups (broad SMARTS) is 1. The maximum absolute atomic E-state index is 15.2. The summed E-state index contributed by atoms with van der Waals surface area (Å²) in [6, 6.07) is 24.6. The first-order valence-electron chi connectivity index (χ1n) is 21.9. The number of urea groups is 1. The lowest BCUT2D eigenvalue weighted by Crippen LogP contribution is -2.69. The molecule has 66 heavy (non-hydrogen) atoms. The van der Waals surface area contributed by atoms with Crippen LogP contribution in [0.15, 0.2) is 97.2 Å². The Balaban J connectivity index is 1.53. The number of carbonyl (C=O) groups excluding carboxylic acids is 3. The van der Waals surface area contributed by atoms with E-state index < -0.39 is 72.0 Å². The van der Waals surface area contributed by atoms with Gasteiger partial charge in [-0.25, -0.2) is 14.2 Å². The van der Waals surface area contributed by atoms with Crippen molar-refractivity contribution < 1.29 is 48.3 Å². The zero-order valence-electron chi connectivity index (χ0n) is 38.9. The van der Waals surface area contributed by atoms with Gasteiger partial charge >= 0.3 is 19.9 Å². The average molecular weight is 930 g/mol. The minimum atomic E-state index is -4.87. The van der Waals surface area contributed by atoms with E-state index in [4.69, 9.17) is 4.52 Å². The minimum absolute atomic E-state index is 0.0144. The second-order valence-corrected chi connectivity index (χ2v) is 20.7. The molecule has 0 radical (unpaired) electrons. The van der Waals surface area contributed by atoms with E-state index in [0.717, 1.165) is 16.8 Å². The van der Waals surface area contributed by atoms with Gasteiger partial charge in [-0.3, -0.25) is 24.1 Å². The lowest BCUT2D eigenvalue weighted by atomic mass is 9.83. The summed E-state index contributed by atoms with van der Waals surface area (Å²) in [4.78, 5) is 87.2. The summed E-state index contributed by atoms with van der Waals surface area (Å²) in [6.45, 7) is 13.9. The van der Waals surface area contributed by atoms with Gasteiger partial charge in [0.25, 0.3) is 0 Å². The smallest absolute Gasteiger partial charge is 0.465 e.